The third-order valence-electron chi connectivity index (χ3n) is 5.84. The average molecular weight is 433 g/mol. The van der Waals surface area contributed by atoms with Gasteiger partial charge in [0.05, 0.1) is 23.4 Å². The summed E-state index contributed by atoms with van der Waals surface area (Å²) in [6.45, 7) is 0.973. The SMILES string of the molecule is O=CC1Nc2ccc(O)cc2N1C1CCN(C(=O)Cc2ccc(C(F)(F)F)cc2)CC1. The van der Waals surface area contributed by atoms with Gasteiger partial charge in [0.1, 0.15) is 5.75 Å². The summed E-state index contributed by atoms with van der Waals surface area (Å²) in [7, 11) is 0. The van der Waals surface area contributed by atoms with Crippen LogP contribution in [0, 0.1) is 0 Å². The predicted molar refractivity (Wildman–Crippen MR) is 109 cm³/mol. The van der Waals surface area contributed by atoms with Gasteiger partial charge in [-0.15, -0.1) is 0 Å². The van der Waals surface area contributed by atoms with Gasteiger partial charge in [0.25, 0.3) is 0 Å². The number of alkyl halides is 3. The molecular formula is C22H22F3N3O3. The van der Waals surface area contributed by atoms with Crippen molar-refractivity contribution >= 4 is 23.6 Å². The Morgan fingerprint density at radius 2 is 1.81 bits per heavy atom. The Morgan fingerprint density at radius 3 is 2.42 bits per heavy atom. The van der Waals surface area contributed by atoms with Crippen LogP contribution in [0.2, 0.25) is 0 Å². The van der Waals surface area contributed by atoms with Crippen molar-refractivity contribution in [1.29, 1.82) is 0 Å². The third kappa shape index (κ3) is 4.30. The number of nitrogens with zero attached hydrogens (tertiary/aromatic N) is 2. The van der Waals surface area contributed by atoms with Crippen LogP contribution in [0.25, 0.3) is 0 Å². The van der Waals surface area contributed by atoms with Gasteiger partial charge in [0.15, 0.2) is 12.5 Å². The molecule has 0 spiro atoms. The number of amides is 1. The van der Waals surface area contributed by atoms with E-state index in [1.54, 1.807) is 23.1 Å². The zero-order valence-electron chi connectivity index (χ0n) is 16.6. The van der Waals surface area contributed by atoms with Crippen molar-refractivity contribution in [2.45, 2.75) is 37.6 Å². The Kier molecular flexibility index (Phi) is 5.51. The first-order chi connectivity index (χ1) is 14.8. The first-order valence-electron chi connectivity index (χ1n) is 10.0. The number of aldehydes is 1. The van der Waals surface area contributed by atoms with Crippen molar-refractivity contribution in [3.8, 4) is 5.75 Å². The fourth-order valence-electron chi connectivity index (χ4n) is 4.25. The van der Waals surface area contributed by atoms with Crippen molar-refractivity contribution in [2.75, 3.05) is 23.3 Å². The normalized spacial score (nSPS) is 19.1. The summed E-state index contributed by atoms with van der Waals surface area (Å²) >= 11 is 0. The summed E-state index contributed by atoms with van der Waals surface area (Å²) in [6, 6.07) is 9.56. The number of hydrogen-bond donors (Lipinski definition) is 2. The van der Waals surface area contributed by atoms with Crippen LogP contribution in [0.1, 0.15) is 24.0 Å². The zero-order valence-corrected chi connectivity index (χ0v) is 16.6. The van der Waals surface area contributed by atoms with E-state index in [9.17, 15) is 27.9 Å². The highest BCUT2D eigenvalue weighted by atomic mass is 19.4. The molecule has 1 saturated heterocycles. The number of phenolic OH excluding ortho intramolecular Hbond substituents is 1. The van der Waals surface area contributed by atoms with Gasteiger partial charge >= 0.3 is 6.18 Å². The molecule has 4 rings (SSSR count). The van der Waals surface area contributed by atoms with Crippen LogP contribution >= 0.6 is 0 Å². The predicted octanol–water partition coefficient (Wildman–Crippen LogP) is 3.40. The topological polar surface area (TPSA) is 72.9 Å². The molecular weight excluding hydrogens is 411 g/mol. The van der Waals surface area contributed by atoms with E-state index in [2.05, 4.69) is 5.32 Å². The molecule has 0 aromatic heterocycles. The summed E-state index contributed by atoms with van der Waals surface area (Å²) in [4.78, 5) is 27.9. The van der Waals surface area contributed by atoms with Crippen LogP contribution in [0.3, 0.4) is 0 Å². The van der Waals surface area contributed by atoms with Gasteiger partial charge in [-0.2, -0.15) is 13.2 Å². The number of likely N-dealkylation sites (tertiary alicyclic amines) is 1. The number of fused-ring (bicyclic) bond motifs is 1. The lowest BCUT2D eigenvalue weighted by atomic mass is 10.0. The molecule has 1 atom stereocenters. The number of rotatable bonds is 4. The summed E-state index contributed by atoms with van der Waals surface area (Å²) in [5, 5.41) is 13.0. The molecule has 1 unspecified atom stereocenters. The molecule has 1 fully saturated rings. The smallest absolute Gasteiger partial charge is 0.416 e. The van der Waals surface area contributed by atoms with Crippen molar-refractivity contribution in [3.63, 3.8) is 0 Å². The second-order valence-corrected chi connectivity index (χ2v) is 7.82. The summed E-state index contributed by atoms with van der Waals surface area (Å²) in [5.41, 5.74) is 1.33. The molecule has 0 saturated carbocycles. The van der Waals surface area contributed by atoms with Gasteiger partial charge < -0.3 is 20.2 Å². The van der Waals surface area contributed by atoms with Gasteiger partial charge in [-0.3, -0.25) is 9.59 Å². The molecule has 9 heteroatoms. The molecule has 6 nitrogen and oxygen atoms in total. The Labute approximate surface area is 177 Å². The number of carbonyl (C=O) groups excluding carboxylic acids is 2. The molecule has 2 aliphatic rings. The number of halogens is 3. The Hall–Kier alpha value is -3.23. The molecule has 2 aromatic carbocycles. The number of anilines is 2. The largest absolute Gasteiger partial charge is 0.508 e. The van der Waals surface area contributed by atoms with Crippen LogP contribution in [0.15, 0.2) is 42.5 Å². The molecule has 0 bridgehead atoms. The standard InChI is InChI=1S/C22H22F3N3O3/c23-22(24,25)15-3-1-14(2-4-15)11-21(31)27-9-7-16(8-10-27)28-19-12-17(30)5-6-18(19)26-20(28)13-29/h1-6,12-13,16,20,26,30H,7-11H2. The number of piperidine rings is 1. The van der Waals surface area contributed by atoms with E-state index in [0.717, 1.165) is 29.8 Å². The fraction of sp³-hybridized carbons (Fsp3) is 0.364. The molecule has 31 heavy (non-hydrogen) atoms. The van der Waals surface area contributed by atoms with Crippen LogP contribution < -0.4 is 10.2 Å². The van der Waals surface area contributed by atoms with Gasteiger partial charge in [0, 0.05) is 25.2 Å². The second-order valence-electron chi connectivity index (χ2n) is 7.82. The molecule has 0 aliphatic carbocycles. The van der Waals surface area contributed by atoms with Gasteiger partial charge in [-0.1, -0.05) is 12.1 Å². The van der Waals surface area contributed by atoms with E-state index < -0.39 is 17.9 Å². The lowest BCUT2D eigenvalue weighted by Crippen LogP contribution is -2.51. The number of phenols is 1. The summed E-state index contributed by atoms with van der Waals surface area (Å²) in [5.74, 6) is -0.0241. The number of aromatic hydroxyl groups is 1. The van der Waals surface area contributed by atoms with E-state index in [1.807, 2.05) is 4.90 Å². The molecule has 164 valence electrons. The first kappa shape index (κ1) is 21.0. The second kappa shape index (κ2) is 8.13. The fourth-order valence-corrected chi connectivity index (χ4v) is 4.25. The molecule has 0 radical (unpaired) electrons. The quantitative estimate of drug-likeness (QED) is 0.571. The maximum absolute atomic E-state index is 12.7. The van der Waals surface area contributed by atoms with E-state index in [-0.39, 0.29) is 24.1 Å². The number of carbonyl (C=O) groups is 2. The Balaban J connectivity index is 1.38. The van der Waals surface area contributed by atoms with Gasteiger partial charge in [0.2, 0.25) is 5.91 Å². The minimum Gasteiger partial charge on any atom is -0.508 e. The molecule has 2 heterocycles. The van der Waals surface area contributed by atoms with E-state index >= 15 is 0 Å². The number of hydrogen-bond acceptors (Lipinski definition) is 5. The maximum atomic E-state index is 12.7. The molecule has 2 aliphatic heterocycles. The highest BCUT2D eigenvalue weighted by molar-refractivity contribution is 5.85. The first-order valence-corrected chi connectivity index (χ1v) is 10.0. The highest BCUT2D eigenvalue weighted by Crippen LogP contribution is 2.39. The van der Waals surface area contributed by atoms with E-state index in [0.29, 0.717) is 31.5 Å². The zero-order chi connectivity index (χ0) is 22.2. The molecule has 1 amide bonds. The van der Waals surface area contributed by atoms with Crippen molar-refractivity contribution in [2.24, 2.45) is 0 Å². The van der Waals surface area contributed by atoms with E-state index in [4.69, 9.17) is 0 Å². The Bertz CT molecular complexity index is 970. The third-order valence-corrected chi connectivity index (χ3v) is 5.84. The van der Waals surface area contributed by atoms with E-state index in [1.165, 1.54) is 12.1 Å². The number of nitrogens with one attached hydrogen (secondary N) is 1. The average Bonchev–Trinajstić information content (AvgIpc) is 3.11. The van der Waals surface area contributed by atoms with Crippen LogP contribution in [-0.4, -0.2) is 47.5 Å². The van der Waals surface area contributed by atoms with Crippen LogP contribution in [0.5, 0.6) is 5.75 Å². The minimum absolute atomic E-state index is 0.0147. The van der Waals surface area contributed by atoms with Gasteiger partial charge in [-0.05, 0) is 42.7 Å². The lowest BCUT2D eigenvalue weighted by molar-refractivity contribution is -0.137. The highest BCUT2D eigenvalue weighted by Gasteiger charge is 2.36. The van der Waals surface area contributed by atoms with Crippen LogP contribution in [-0.2, 0) is 22.2 Å². The summed E-state index contributed by atoms with van der Waals surface area (Å²) in [6.07, 6.45) is -2.79. The van der Waals surface area contributed by atoms with Crippen molar-refractivity contribution < 1.29 is 27.9 Å². The maximum Gasteiger partial charge on any atom is 0.416 e. The summed E-state index contributed by atoms with van der Waals surface area (Å²) < 4.78 is 38.1. The minimum atomic E-state index is -4.40. The monoisotopic (exact) mass is 433 g/mol. The molecule has 2 aromatic rings. The number of benzene rings is 2. The van der Waals surface area contributed by atoms with Crippen LogP contribution in [0.4, 0.5) is 24.5 Å². The Morgan fingerprint density at radius 1 is 1.13 bits per heavy atom. The van der Waals surface area contributed by atoms with Crippen molar-refractivity contribution in [3.05, 3.63) is 53.6 Å². The lowest BCUT2D eigenvalue weighted by Gasteiger charge is -2.39. The van der Waals surface area contributed by atoms with Crippen molar-refractivity contribution in [1.82, 2.24) is 4.90 Å². The van der Waals surface area contributed by atoms with Gasteiger partial charge in [-0.25, -0.2) is 0 Å². The molecule has 2 N–H and O–H groups in total.